The van der Waals surface area contributed by atoms with Crippen LogP contribution in [0.4, 0.5) is 0 Å². The second-order valence-electron chi connectivity index (χ2n) is 4.54. The minimum absolute atomic E-state index is 0.249. The van der Waals surface area contributed by atoms with Crippen molar-refractivity contribution in [1.29, 1.82) is 0 Å². The summed E-state index contributed by atoms with van der Waals surface area (Å²) in [6, 6.07) is 4.64. The maximum absolute atomic E-state index is 5.39. The summed E-state index contributed by atoms with van der Waals surface area (Å²) in [5.74, 6) is 1.58. The van der Waals surface area contributed by atoms with Gasteiger partial charge in [0, 0.05) is 19.8 Å². The number of hydrogen-bond acceptors (Lipinski definition) is 3. The first-order valence-corrected chi connectivity index (χ1v) is 5.93. The summed E-state index contributed by atoms with van der Waals surface area (Å²) < 4.78 is 10.5. The van der Waals surface area contributed by atoms with Gasteiger partial charge in [0.1, 0.15) is 5.76 Å². The fourth-order valence-corrected chi connectivity index (χ4v) is 1.79. The monoisotopic (exact) mass is 225 g/mol. The lowest BCUT2D eigenvalue weighted by atomic mass is 10.00. The van der Waals surface area contributed by atoms with Crippen molar-refractivity contribution >= 4 is 0 Å². The van der Waals surface area contributed by atoms with Crippen molar-refractivity contribution in [2.45, 2.75) is 39.3 Å². The van der Waals surface area contributed by atoms with Crippen LogP contribution in [-0.4, -0.2) is 19.8 Å². The molecule has 0 unspecified atom stereocenters. The lowest BCUT2D eigenvalue weighted by molar-refractivity contribution is 0.169. The summed E-state index contributed by atoms with van der Waals surface area (Å²) in [5.41, 5.74) is 0. The first-order valence-electron chi connectivity index (χ1n) is 5.93. The Morgan fingerprint density at radius 1 is 1.38 bits per heavy atom. The molecule has 16 heavy (non-hydrogen) atoms. The van der Waals surface area contributed by atoms with E-state index in [0.717, 1.165) is 18.8 Å². The van der Waals surface area contributed by atoms with Crippen LogP contribution in [0.25, 0.3) is 0 Å². The zero-order chi connectivity index (χ0) is 12.0. The Bertz CT molecular complexity index is 269. The van der Waals surface area contributed by atoms with Gasteiger partial charge in [0.2, 0.25) is 0 Å². The first-order chi connectivity index (χ1) is 7.65. The third-order valence-electron chi connectivity index (χ3n) is 2.87. The van der Waals surface area contributed by atoms with Gasteiger partial charge in [-0.1, -0.05) is 13.8 Å². The van der Waals surface area contributed by atoms with E-state index in [1.54, 1.807) is 13.4 Å². The summed E-state index contributed by atoms with van der Waals surface area (Å²) in [6.45, 7) is 7.37. The van der Waals surface area contributed by atoms with Gasteiger partial charge in [0.15, 0.2) is 0 Å². The van der Waals surface area contributed by atoms with Crippen molar-refractivity contribution in [3.63, 3.8) is 0 Å². The van der Waals surface area contributed by atoms with Crippen molar-refractivity contribution in [1.82, 2.24) is 5.32 Å². The summed E-state index contributed by atoms with van der Waals surface area (Å²) in [5, 5.41) is 3.58. The first kappa shape index (κ1) is 13.3. The van der Waals surface area contributed by atoms with E-state index in [1.165, 1.54) is 0 Å². The maximum Gasteiger partial charge on any atom is 0.120 e. The zero-order valence-electron chi connectivity index (χ0n) is 10.7. The van der Waals surface area contributed by atoms with E-state index in [0.29, 0.717) is 12.0 Å². The van der Waals surface area contributed by atoms with Crippen molar-refractivity contribution in [3.8, 4) is 0 Å². The summed E-state index contributed by atoms with van der Waals surface area (Å²) in [6.07, 6.45) is 2.74. The van der Waals surface area contributed by atoms with Gasteiger partial charge in [-0.25, -0.2) is 0 Å². The summed E-state index contributed by atoms with van der Waals surface area (Å²) in [4.78, 5) is 0. The number of rotatable bonds is 7. The Balaban J connectivity index is 2.47. The minimum Gasteiger partial charge on any atom is -0.468 e. The third-order valence-corrected chi connectivity index (χ3v) is 2.87. The molecule has 0 aliphatic carbocycles. The second-order valence-corrected chi connectivity index (χ2v) is 4.54. The van der Waals surface area contributed by atoms with Crippen LogP contribution >= 0.6 is 0 Å². The lowest BCUT2D eigenvalue weighted by Crippen LogP contribution is -2.36. The normalized spacial score (nSPS) is 15.3. The molecule has 0 bridgehead atoms. The zero-order valence-corrected chi connectivity index (χ0v) is 10.7. The lowest BCUT2D eigenvalue weighted by Gasteiger charge is -2.25. The van der Waals surface area contributed by atoms with Gasteiger partial charge < -0.3 is 14.5 Å². The van der Waals surface area contributed by atoms with Crippen LogP contribution in [-0.2, 0) is 4.74 Å². The van der Waals surface area contributed by atoms with Crippen molar-refractivity contribution in [3.05, 3.63) is 24.2 Å². The predicted octanol–water partition coefficient (Wildman–Crippen LogP) is 2.99. The molecule has 1 aromatic rings. The molecule has 0 aliphatic heterocycles. The van der Waals surface area contributed by atoms with Gasteiger partial charge in [-0.15, -0.1) is 0 Å². The van der Waals surface area contributed by atoms with E-state index < -0.39 is 0 Å². The number of ether oxygens (including phenoxy) is 1. The van der Waals surface area contributed by atoms with E-state index in [-0.39, 0.29) is 6.04 Å². The van der Waals surface area contributed by atoms with Gasteiger partial charge in [-0.2, -0.15) is 0 Å². The number of furan rings is 1. The fraction of sp³-hybridized carbons (Fsp3) is 0.692. The Morgan fingerprint density at radius 3 is 2.62 bits per heavy atom. The van der Waals surface area contributed by atoms with Crippen LogP contribution in [0.2, 0.25) is 0 Å². The van der Waals surface area contributed by atoms with E-state index >= 15 is 0 Å². The van der Waals surface area contributed by atoms with Crippen molar-refractivity contribution in [2.24, 2.45) is 5.92 Å². The van der Waals surface area contributed by atoms with Crippen LogP contribution in [0.5, 0.6) is 0 Å². The van der Waals surface area contributed by atoms with E-state index in [9.17, 15) is 0 Å². The molecule has 0 aromatic carbocycles. The van der Waals surface area contributed by atoms with Gasteiger partial charge in [0.05, 0.1) is 12.3 Å². The summed E-state index contributed by atoms with van der Waals surface area (Å²) in [7, 11) is 1.74. The molecule has 2 atom stereocenters. The molecule has 1 rings (SSSR count). The quantitative estimate of drug-likeness (QED) is 0.774. The van der Waals surface area contributed by atoms with Crippen LogP contribution in [0.1, 0.15) is 39.0 Å². The maximum atomic E-state index is 5.39. The standard InChI is InChI=1S/C13H23NO2/c1-10(2)12(7-9-15-4)14-11(3)13-6-5-8-16-13/h5-6,8,10-12,14H,7,9H2,1-4H3/t11-,12+/m1/s1. The molecule has 0 aliphatic rings. The Hall–Kier alpha value is -0.800. The average molecular weight is 225 g/mol. The highest BCUT2D eigenvalue weighted by atomic mass is 16.5. The van der Waals surface area contributed by atoms with E-state index in [4.69, 9.17) is 9.15 Å². The second kappa shape index (κ2) is 6.71. The highest BCUT2D eigenvalue weighted by Crippen LogP contribution is 2.16. The van der Waals surface area contributed by atoms with Gasteiger partial charge in [0.25, 0.3) is 0 Å². The molecule has 0 fully saturated rings. The fourth-order valence-electron chi connectivity index (χ4n) is 1.79. The van der Waals surface area contributed by atoms with E-state index in [2.05, 4.69) is 26.1 Å². The van der Waals surface area contributed by atoms with Gasteiger partial charge in [-0.3, -0.25) is 0 Å². The molecule has 0 amide bonds. The number of methoxy groups -OCH3 is 1. The molecule has 0 saturated heterocycles. The molecule has 1 N–H and O–H groups in total. The molecule has 1 heterocycles. The molecule has 0 radical (unpaired) electrons. The smallest absolute Gasteiger partial charge is 0.120 e. The third kappa shape index (κ3) is 3.99. The molecule has 1 aromatic heterocycles. The number of nitrogens with one attached hydrogen (secondary N) is 1. The predicted molar refractivity (Wildman–Crippen MR) is 65.4 cm³/mol. The van der Waals surface area contributed by atoms with Crippen LogP contribution < -0.4 is 5.32 Å². The molecule has 3 nitrogen and oxygen atoms in total. The average Bonchev–Trinajstić information content (AvgIpc) is 2.76. The molecular weight excluding hydrogens is 202 g/mol. The molecular formula is C13H23NO2. The Labute approximate surface area is 98.2 Å². The molecule has 3 heteroatoms. The minimum atomic E-state index is 0.249. The van der Waals surface area contributed by atoms with Crippen LogP contribution in [0.15, 0.2) is 22.8 Å². The largest absolute Gasteiger partial charge is 0.468 e. The molecule has 92 valence electrons. The Morgan fingerprint density at radius 2 is 2.12 bits per heavy atom. The van der Waals surface area contributed by atoms with Crippen molar-refractivity contribution in [2.75, 3.05) is 13.7 Å². The highest BCUT2D eigenvalue weighted by Gasteiger charge is 2.17. The highest BCUT2D eigenvalue weighted by molar-refractivity contribution is 5.03. The van der Waals surface area contributed by atoms with E-state index in [1.807, 2.05) is 12.1 Å². The van der Waals surface area contributed by atoms with Gasteiger partial charge in [-0.05, 0) is 31.4 Å². The van der Waals surface area contributed by atoms with Crippen LogP contribution in [0, 0.1) is 5.92 Å². The molecule has 0 saturated carbocycles. The topological polar surface area (TPSA) is 34.4 Å². The Kier molecular flexibility index (Phi) is 5.56. The molecule has 0 spiro atoms. The van der Waals surface area contributed by atoms with Crippen molar-refractivity contribution < 1.29 is 9.15 Å². The number of hydrogen-bond donors (Lipinski definition) is 1. The van der Waals surface area contributed by atoms with Crippen LogP contribution in [0.3, 0.4) is 0 Å². The summed E-state index contributed by atoms with van der Waals surface area (Å²) >= 11 is 0. The van der Waals surface area contributed by atoms with Gasteiger partial charge >= 0.3 is 0 Å². The SMILES string of the molecule is COCC[C@H](N[C@H](C)c1ccco1)C(C)C.